The van der Waals surface area contributed by atoms with E-state index < -0.39 is 23.1 Å². The summed E-state index contributed by atoms with van der Waals surface area (Å²) in [5.41, 5.74) is -0.519. The van der Waals surface area contributed by atoms with Crippen LogP contribution in [0.4, 0.5) is 0 Å². The van der Waals surface area contributed by atoms with Crippen molar-refractivity contribution in [2.45, 2.75) is 122 Å². The number of aliphatic hydroxyl groups excluding tert-OH is 1. The average molecular weight is 547 g/mol. The van der Waals surface area contributed by atoms with Gasteiger partial charge in [-0.2, -0.15) is 0 Å². The Morgan fingerprint density at radius 3 is 2.49 bits per heavy atom. The van der Waals surface area contributed by atoms with Crippen LogP contribution in [0.3, 0.4) is 0 Å². The van der Waals surface area contributed by atoms with Gasteiger partial charge in [-0.05, 0) is 98.9 Å². The summed E-state index contributed by atoms with van der Waals surface area (Å²) in [5, 5.41) is 32.8. The van der Waals surface area contributed by atoms with Crippen molar-refractivity contribution in [2.24, 2.45) is 34.5 Å². The molecule has 0 bridgehead atoms. The van der Waals surface area contributed by atoms with Crippen molar-refractivity contribution < 1.29 is 39.2 Å². The molecule has 8 heteroatoms. The van der Waals surface area contributed by atoms with Crippen LogP contribution in [0, 0.1) is 34.5 Å². The van der Waals surface area contributed by atoms with Crippen LogP contribution in [0.15, 0.2) is 11.6 Å². The van der Waals surface area contributed by atoms with Crippen LogP contribution in [0.25, 0.3) is 0 Å². The van der Waals surface area contributed by atoms with Crippen molar-refractivity contribution in [1.29, 1.82) is 0 Å². The Kier molecular flexibility index (Phi) is 7.92. The lowest BCUT2D eigenvalue weighted by atomic mass is 9.42. The molecule has 4 fully saturated rings. The Bertz CT molecular complexity index is 1010. The van der Waals surface area contributed by atoms with Gasteiger partial charge in [-0.1, -0.05) is 26.7 Å². The summed E-state index contributed by atoms with van der Waals surface area (Å²) in [6.07, 6.45) is 10.8. The highest BCUT2D eigenvalue weighted by atomic mass is 16.5. The van der Waals surface area contributed by atoms with Crippen molar-refractivity contribution >= 4 is 17.9 Å². The number of ether oxygens (including phenoxy) is 2. The summed E-state index contributed by atoms with van der Waals surface area (Å²) in [4.78, 5) is 34.9. The quantitative estimate of drug-likeness (QED) is 0.284. The molecule has 218 valence electrons. The molecule has 1 heterocycles. The average Bonchev–Trinajstić information content (AvgIpc) is 3.41. The van der Waals surface area contributed by atoms with E-state index in [4.69, 9.17) is 14.6 Å². The van der Waals surface area contributed by atoms with Crippen molar-refractivity contribution in [1.82, 2.24) is 0 Å². The fraction of sp³-hybridized carbons (Fsp3) is 0.839. The van der Waals surface area contributed by atoms with E-state index >= 15 is 0 Å². The third-order valence-corrected chi connectivity index (χ3v) is 11.7. The zero-order chi connectivity index (χ0) is 28.0. The summed E-state index contributed by atoms with van der Waals surface area (Å²) >= 11 is 0. The summed E-state index contributed by atoms with van der Waals surface area (Å²) in [6, 6.07) is 0. The van der Waals surface area contributed by atoms with E-state index in [2.05, 4.69) is 13.8 Å². The summed E-state index contributed by atoms with van der Waals surface area (Å²) in [5.74, 6) is -0.855. The number of carbonyl (C=O) groups is 3. The minimum Gasteiger partial charge on any atom is -0.481 e. The summed E-state index contributed by atoms with van der Waals surface area (Å²) in [7, 11) is 0. The van der Waals surface area contributed by atoms with E-state index in [1.807, 2.05) is 0 Å². The fourth-order valence-electron chi connectivity index (χ4n) is 9.73. The zero-order valence-corrected chi connectivity index (χ0v) is 23.5. The maximum absolute atomic E-state index is 12.5. The molecule has 0 unspecified atom stereocenters. The Morgan fingerprint density at radius 2 is 1.79 bits per heavy atom. The van der Waals surface area contributed by atoms with Gasteiger partial charge in [0.25, 0.3) is 0 Å². The minimum atomic E-state index is -0.879. The van der Waals surface area contributed by atoms with Crippen molar-refractivity contribution in [3.8, 4) is 0 Å². The molecule has 0 aromatic rings. The normalized spacial score (nSPS) is 43.1. The molecule has 5 rings (SSSR count). The van der Waals surface area contributed by atoms with Gasteiger partial charge in [0.05, 0.1) is 11.7 Å². The number of cyclic esters (lactones) is 1. The Balaban J connectivity index is 1.20. The van der Waals surface area contributed by atoms with E-state index in [1.165, 1.54) is 0 Å². The topological polar surface area (TPSA) is 130 Å². The van der Waals surface area contributed by atoms with Crippen molar-refractivity contribution in [2.75, 3.05) is 6.61 Å². The first-order valence-corrected chi connectivity index (χ1v) is 15.2. The summed E-state index contributed by atoms with van der Waals surface area (Å²) < 4.78 is 11.1. The highest BCUT2D eigenvalue weighted by Crippen LogP contribution is 2.70. The van der Waals surface area contributed by atoms with E-state index in [1.54, 1.807) is 6.08 Å². The van der Waals surface area contributed by atoms with E-state index in [9.17, 15) is 24.6 Å². The molecule has 0 radical (unpaired) electrons. The van der Waals surface area contributed by atoms with Crippen LogP contribution in [0.1, 0.15) is 104 Å². The van der Waals surface area contributed by atoms with Gasteiger partial charge < -0.3 is 24.8 Å². The molecule has 0 amide bonds. The fourth-order valence-corrected chi connectivity index (χ4v) is 9.73. The minimum absolute atomic E-state index is 0.00553. The SMILES string of the molecule is C[C@]12CC[C@H](OC(=O)CCCCCCC(=O)O)C[C@H]1CC[C@H]1[C@@H]2[C@H](O)C[C@]2(C)[C@@H](C3=CC(=O)OC3)CC[C@]12O. The Hall–Kier alpha value is -1.93. The molecule has 1 aliphatic heterocycles. The molecule has 4 aliphatic carbocycles. The molecular weight excluding hydrogens is 500 g/mol. The third kappa shape index (κ3) is 5.05. The van der Waals surface area contributed by atoms with Gasteiger partial charge in [-0.3, -0.25) is 9.59 Å². The van der Waals surface area contributed by atoms with Gasteiger partial charge in [0, 0.05) is 24.3 Å². The number of fused-ring (bicyclic) bond motifs is 5. The van der Waals surface area contributed by atoms with Crippen molar-refractivity contribution in [3.63, 3.8) is 0 Å². The number of carbonyl (C=O) groups excluding carboxylic acids is 2. The van der Waals surface area contributed by atoms with Gasteiger partial charge >= 0.3 is 17.9 Å². The van der Waals surface area contributed by atoms with Gasteiger partial charge in [-0.25, -0.2) is 4.79 Å². The van der Waals surface area contributed by atoms with Crippen LogP contribution >= 0.6 is 0 Å². The first-order valence-electron chi connectivity index (χ1n) is 15.2. The molecule has 8 nitrogen and oxygen atoms in total. The van der Waals surface area contributed by atoms with E-state index in [0.29, 0.717) is 38.2 Å². The summed E-state index contributed by atoms with van der Waals surface area (Å²) in [6.45, 7) is 4.70. The number of hydrogen-bond acceptors (Lipinski definition) is 7. The maximum atomic E-state index is 12.5. The second-order valence-corrected chi connectivity index (χ2v) is 13.6. The van der Waals surface area contributed by atoms with E-state index in [-0.39, 0.29) is 47.6 Å². The smallest absolute Gasteiger partial charge is 0.331 e. The van der Waals surface area contributed by atoms with Gasteiger partial charge in [0.1, 0.15) is 12.7 Å². The van der Waals surface area contributed by atoms with Crippen molar-refractivity contribution in [3.05, 3.63) is 11.6 Å². The number of aliphatic hydroxyl groups is 2. The predicted octanol–water partition coefficient (Wildman–Crippen LogP) is 4.55. The molecule has 3 N–H and O–H groups in total. The standard InChI is InChI=1S/C31H46O8/c1-29-13-11-21(39-26(35)8-6-4-3-5-7-25(33)34)16-20(29)9-10-23-28(29)24(32)17-30(2)22(12-14-31(23,30)37)19-15-27(36)38-18-19/h15,20-24,28,32,37H,3-14,16-18H2,1-2H3,(H,33,34)/t20-,21+,22-,23+,24-,28-,29+,30-,31+/m1/s1. The Labute approximate surface area is 231 Å². The lowest BCUT2D eigenvalue weighted by Gasteiger charge is -2.65. The van der Waals surface area contributed by atoms with Crippen LogP contribution in [-0.2, 0) is 23.9 Å². The molecule has 39 heavy (non-hydrogen) atoms. The number of unbranched alkanes of at least 4 members (excludes halogenated alkanes) is 3. The first kappa shape index (κ1) is 28.6. The number of rotatable bonds is 9. The molecule has 0 spiro atoms. The zero-order valence-electron chi connectivity index (χ0n) is 23.5. The number of carboxylic acids is 1. The molecule has 4 saturated carbocycles. The number of aliphatic carboxylic acids is 1. The highest BCUT2D eigenvalue weighted by molar-refractivity contribution is 5.85. The molecule has 5 aliphatic rings. The van der Waals surface area contributed by atoms with Crippen LogP contribution in [-0.4, -0.2) is 57.6 Å². The second-order valence-electron chi connectivity index (χ2n) is 13.6. The molecular formula is C31H46O8. The lowest BCUT2D eigenvalue weighted by molar-refractivity contribution is -0.243. The van der Waals surface area contributed by atoms with E-state index in [0.717, 1.165) is 63.4 Å². The Morgan fingerprint density at radius 1 is 1.05 bits per heavy atom. The second kappa shape index (κ2) is 10.8. The van der Waals surface area contributed by atoms with Gasteiger partial charge in [0.15, 0.2) is 0 Å². The number of hydrogen-bond donors (Lipinski definition) is 3. The third-order valence-electron chi connectivity index (χ3n) is 11.7. The molecule has 0 aromatic heterocycles. The van der Waals surface area contributed by atoms with Crippen LogP contribution in [0.2, 0.25) is 0 Å². The largest absolute Gasteiger partial charge is 0.481 e. The maximum Gasteiger partial charge on any atom is 0.331 e. The predicted molar refractivity (Wildman–Crippen MR) is 142 cm³/mol. The number of esters is 2. The number of carboxylic acid groups (broad SMARTS) is 1. The van der Waals surface area contributed by atoms with Crippen LogP contribution in [0.5, 0.6) is 0 Å². The first-order chi connectivity index (χ1) is 18.5. The molecule has 0 aromatic carbocycles. The molecule has 0 saturated heterocycles. The lowest BCUT2D eigenvalue weighted by Crippen LogP contribution is -2.66. The monoisotopic (exact) mass is 546 g/mol. The highest BCUT2D eigenvalue weighted by Gasteiger charge is 2.70. The van der Waals surface area contributed by atoms with Gasteiger partial charge in [0.2, 0.25) is 0 Å². The van der Waals surface area contributed by atoms with Gasteiger partial charge in [-0.15, -0.1) is 0 Å². The van der Waals surface area contributed by atoms with Crippen LogP contribution < -0.4 is 0 Å². The molecule has 9 atom stereocenters.